The lowest BCUT2D eigenvalue weighted by atomic mass is 10.1. The molecule has 4 rings (SSSR count). The van der Waals surface area contributed by atoms with Gasteiger partial charge in [0.05, 0.1) is 11.3 Å². The van der Waals surface area contributed by atoms with Gasteiger partial charge >= 0.3 is 5.63 Å². The van der Waals surface area contributed by atoms with Crippen molar-refractivity contribution in [1.29, 1.82) is 0 Å². The summed E-state index contributed by atoms with van der Waals surface area (Å²) in [5, 5.41) is 2.04. The third-order valence-corrected chi connectivity index (χ3v) is 5.08. The van der Waals surface area contributed by atoms with Crippen LogP contribution in [0.1, 0.15) is 13.8 Å². The first kappa shape index (κ1) is 16.5. The van der Waals surface area contributed by atoms with Gasteiger partial charge in [0, 0.05) is 48.2 Å². The summed E-state index contributed by atoms with van der Waals surface area (Å²) >= 11 is 0. The third kappa shape index (κ3) is 2.58. The number of rotatable bonds is 4. The van der Waals surface area contributed by atoms with Crippen LogP contribution in [0.4, 0.5) is 5.69 Å². The van der Waals surface area contributed by atoms with Gasteiger partial charge in [-0.3, -0.25) is 0 Å². The number of hydrogen-bond donors (Lipinski definition) is 0. The fraction of sp³-hybridized carbons (Fsp3) is 0.227. The highest BCUT2D eigenvalue weighted by molar-refractivity contribution is 5.89. The Labute approximate surface area is 152 Å². The molecule has 0 aliphatic heterocycles. The van der Waals surface area contributed by atoms with Crippen molar-refractivity contribution in [3.8, 4) is 11.3 Å². The first-order chi connectivity index (χ1) is 12.6. The molecule has 4 nitrogen and oxygen atoms in total. The quantitative estimate of drug-likeness (QED) is 0.498. The zero-order valence-corrected chi connectivity index (χ0v) is 15.3. The topological polar surface area (TPSA) is 38.4 Å². The Kier molecular flexibility index (Phi) is 4.03. The molecule has 0 aliphatic rings. The summed E-state index contributed by atoms with van der Waals surface area (Å²) in [6.45, 7) is 6.07. The molecule has 0 aliphatic carbocycles. The average Bonchev–Trinajstić information content (AvgIpc) is 2.99. The van der Waals surface area contributed by atoms with Crippen molar-refractivity contribution in [2.24, 2.45) is 7.05 Å². The first-order valence-corrected chi connectivity index (χ1v) is 9.00. The Balaban J connectivity index is 1.88. The Morgan fingerprint density at radius 1 is 0.962 bits per heavy atom. The zero-order valence-electron chi connectivity index (χ0n) is 15.3. The molecule has 2 aromatic carbocycles. The van der Waals surface area contributed by atoms with Crippen LogP contribution in [0.2, 0.25) is 0 Å². The van der Waals surface area contributed by atoms with Gasteiger partial charge in [0.15, 0.2) is 0 Å². The lowest BCUT2D eigenvalue weighted by molar-refractivity contribution is 0.562. The van der Waals surface area contributed by atoms with Gasteiger partial charge in [0.2, 0.25) is 0 Å². The summed E-state index contributed by atoms with van der Waals surface area (Å²) in [7, 11) is 1.98. The van der Waals surface area contributed by atoms with Crippen LogP contribution in [0.25, 0.3) is 33.1 Å². The van der Waals surface area contributed by atoms with Gasteiger partial charge in [0.1, 0.15) is 5.58 Å². The number of benzene rings is 2. The second kappa shape index (κ2) is 6.37. The minimum atomic E-state index is -0.305. The highest BCUT2D eigenvalue weighted by atomic mass is 16.4. The first-order valence-electron chi connectivity index (χ1n) is 9.00. The van der Waals surface area contributed by atoms with E-state index in [2.05, 4.69) is 36.9 Å². The van der Waals surface area contributed by atoms with Crippen molar-refractivity contribution >= 4 is 27.6 Å². The molecule has 0 amide bonds. The number of hydrogen-bond acceptors (Lipinski definition) is 3. The Bertz CT molecular complexity index is 1150. The van der Waals surface area contributed by atoms with Crippen molar-refractivity contribution in [2.45, 2.75) is 13.8 Å². The summed E-state index contributed by atoms with van der Waals surface area (Å²) in [6.07, 6.45) is 0. The molecule has 132 valence electrons. The number of anilines is 1. The highest BCUT2D eigenvalue weighted by Crippen LogP contribution is 2.28. The molecular weight excluding hydrogens is 324 g/mol. The molecule has 2 heterocycles. The smallest absolute Gasteiger partial charge is 0.345 e. The molecule has 0 spiro atoms. The van der Waals surface area contributed by atoms with Gasteiger partial charge in [-0.2, -0.15) is 0 Å². The van der Waals surface area contributed by atoms with Crippen molar-refractivity contribution in [3.05, 3.63) is 65.0 Å². The van der Waals surface area contributed by atoms with Gasteiger partial charge in [-0.25, -0.2) is 4.79 Å². The van der Waals surface area contributed by atoms with Crippen molar-refractivity contribution in [3.63, 3.8) is 0 Å². The maximum Gasteiger partial charge on any atom is 0.345 e. The van der Waals surface area contributed by atoms with Crippen molar-refractivity contribution < 1.29 is 4.42 Å². The summed E-state index contributed by atoms with van der Waals surface area (Å²) in [4.78, 5) is 14.9. The number of aromatic nitrogens is 1. The van der Waals surface area contributed by atoms with E-state index >= 15 is 0 Å². The molecule has 0 atom stereocenters. The van der Waals surface area contributed by atoms with Crippen LogP contribution in [-0.4, -0.2) is 17.7 Å². The van der Waals surface area contributed by atoms with Gasteiger partial charge in [-0.15, -0.1) is 0 Å². The van der Waals surface area contributed by atoms with E-state index in [1.54, 1.807) is 0 Å². The minimum absolute atomic E-state index is 0.305. The van der Waals surface area contributed by atoms with Gasteiger partial charge in [0.25, 0.3) is 0 Å². The van der Waals surface area contributed by atoms with E-state index < -0.39 is 0 Å². The Morgan fingerprint density at radius 3 is 2.46 bits per heavy atom. The van der Waals surface area contributed by atoms with Gasteiger partial charge < -0.3 is 13.9 Å². The number of para-hydroxylation sites is 1. The number of fused-ring (bicyclic) bond motifs is 2. The van der Waals surface area contributed by atoms with Crippen LogP contribution < -0.4 is 10.5 Å². The van der Waals surface area contributed by atoms with Crippen molar-refractivity contribution in [1.82, 2.24) is 4.57 Å². The Hall–Kier alpha value is -3.01. The lowest BCUT2D eigenvalue weighted by Gasteiger charge is -2.21. The van der Waals surface area contributed by atoms with E-state index in [9.17, 15) is 4.79 Å². The van der Waals surface area contributed by atoms with Crippen LogP contribution >= 0.6 is 0 Å². The van der Waals surface area contributed by atoms with Gasteiger partial charge in [-0.1, -0.05) is 18.2 Å². The van der Waals surface area contributed by atoms with Crippen molar-refractivity contribution in [2.75, 3.05) is 18.0 Å². The number of aryl methyl sites for hydroxylation is 1. The SMILES string of the molecule is CCN(CC)c1ccc2cc(-c3cc4ccccc4n3C)c(=O)oc2c1. The maximum atomic E-state index is 12.7. The van der Waals surface area contributed by atoms with Crippen LogP contribution in [0.15, 0.2) is 63.8 Å². The molecule has 0 saturated carbocycles. The number of nitrogens with zero attached hydrogens (tertiary/aromatic N) is 2. The monoisotopic (exact) mass is 346 g/mol. The van der Waals surface area contributed by atoms with E-state index in [4.69, 9.17) is 4.42 Å². The molecule has 4 aromatic rings. The molecule has 26 heavy (non-hydrogen) atoms. The predicted molar refractivity (Wildman–Crippen MR) is 108 cm³/mol. The molecule has 2 aromatic heterocycles. The second-order valence-electron chi connectivity index (χ2n) is 6.49. The molecule has 0 radical (unpaired) electrons. The summed E-state index contributed by atoms with van der Waals surface area (Å²) in [5.74, 6) is 0. The molecule has 0 fully saturated rings. The standard InChI is InChI=1S/C22H22N2O2/c1-4-24(5-2)17-11-10-16-12-18(22(25)26-21(16)14-17)20-13-15-8-6-7-9-19(15)23(20)3/h6-14H,4-5H2,1-3H3. The fourth-order valence-electron chi connectivity index (χ4n) is 3.61. The third-order valence-electron chi connectivity index (χ3n) is 5.08. The average molecular weight is 346 g/mol. The lowest BCUT2D eigenvalue weighted by Crippen LogP contribution is -2.21. The highest BCUT2D eigenvalue weighted by Gasteiger charge is 2.14. The second-order valence-corrected chi connectivity index (χ2v) is 6.49. The summed E-state index contributed by atoms with van der Waals surface area (Å²) < 4.78 is 7.72. The summed E-state index contributed by atoms with van der Waals surface area (Å²) in [6, 6.07) is 18.1. The van der Waals surface area contributed by atoms with Crippen LogP contribution in [-0.2, 0) is 7.05 Å². The van der Waals surface area contributed by atoms with E-state index in [0.29, 0.717) is 11.1 Å². The van der Waals surface area contributed by atoms with Crippen LogP contribution in [0.5, 0.6) is 0 Å². The molecular formula is C22H22N2O2. The van der Waals surface area contributed by atoms with Crippen LogP contribution in [0.3, 0.4) is 0 Å². The van der Waals surface area contributed by atoms with E-state index in [1.807, 2.05) is 48.0 Å². The van der Waals surface area contributed by atoms with E-state index in [1.165, 1.54) is 0 Å². The fourth-order valence-corrected chi connectivity index (χ4v) is 3.61. The summed E-state index contributed by atoms with van der Waals surface area (Å²) in [5.41, 5.74) is 3.95. The maximum absolute atomic E-state index is 12.7. The zero-order chi connectivity index (χ0) is 18.3. The van der Waals surface area contributed by atoms with Crippen LogP contribution in [0, 0.1) is 0 Å². The molecule has 0 bridgehead atoms. The largest absolute Gasteiger partial charge is 0.422 e. The molecule has 4 heteroatoms. The molecule has 0 N–H and O–H groups in total. The molecule has 0 saturated heterocycles. The normalized spacial score (nSPS) is 11.3. The van der Waals surface area contributed by atoms with Gasteiger partial charge in [-0.05, 0) is 44.2 Å². The Morgan fingerprint density at radius 2 is 1.73 bits per heavy atom. The van der Waals surface area contributed by atoms with E-state index in [0.717, 1.165) is 40.8 Å². The predicted octanol–water partition coefficient (Wildman–Crippen LogP) is 4.80. The molecule has 0 unspecified atom stereocenters. The minimum Gasteiger partial charge on any atom is -0.422 e. The van der Waals surface area contributed by atoms with E-state index in [-0.39, 0.29) is 5.63 Å².